The van der Waals surface area contributed by atoms with Crippen LogP contribution in [-0.2, 0) is 0 Å². The summed E-state index contributed by atoms with van der Waals surface area (Å²) < 4.78 is 1.25. The normalized spacial score (nSPS) is 16.7. The Morgan fingerprint density at radius 3 is 2.60 bits per heavy atom. The molecule has 1 fully saturated rings. The zero-order valence-electron chi connectivity index (χ0n) is 14.1. The van der Waals surface area contributed by atoms with Crippen LogP contribution in [-0.4, -0.2) is 41.0 Å². The Morgan fingerprint density at radius 1 is 1.12 bits per heavy atom. The number of nitrogens with zero attached hydrogens (tertiary/aromatic N) is 5. The van der Waals surface area contributed by atoms with Crippen molar-refractivity contribution in [1.82, 2.24) is 14.9 Å². The van der Waals surface area contributed by atoms with Crippen molar-refractivity contribution in [2.45, 2.75) is 13.0 Å². The van der Waals surface area contributed by atoms with Crippen LogP contribution in [0.2, 0.25) is 0 Å². The molecule has 2 aromatic heterocycles. The van der Waals surface area contributed by atoms with Gasteiger partial charge in [0.05, 0.1) is 21.8 Å². The number of hydrogen-bond donors (Lipinski definition) is 0. The minimum absolute atomic E-state index is 0.327. The van der Waals surface area contributed by atoms with E-state index in [4.69, 9.17) is 10.2 Å². The highest BCUT2D eigenvalue weighted by atomic mass is 32.1. The minimum atomic E-state index is 0.327. The first-order chi connectivity index (χ1) is 12.2. The van der Waals surface area contributed by atoms with E-state index in [0.29, 0.717) is 11.6 Å². The maximum atomic E-state index is 8.88. The average molecular weight is 349 g/mol. The lowest BCUT2D eigenvalue weighted by molar-refractivity contribution is 0.198. The standard InChI is InChI=1S/C19H19N5S/c1-14(19-22-16-4-2-3-5-17(16)25-19)23-8-10-24(11-9-23)18-7-6-15(12-20)13-21-18/h2-7,13-14H,8-11H2,1H3/t14-/m1/s1. The summed E-state index contributed by atoms with van der Waals surface area (Å²) in [6.07, 6.45) is 1.64. The first-order valence-corrected chi connectivity index (χ1v) is 9.27. The van der Waals surface area contributed by atoms with E-state index >= 15 is 0 Å². The number of pyridine rings is 1. The number of para-hydroxylation sites is 1. The molecule has 0 aliphatic carbocycles. The molecule has 0 amide bonds. The summed E-state index contributed by atoms with van der Waals surface area (Å²) in [5.41, 5.74) is 1.70. The van der Waals surface area contributed by atoms with Gasteiger partial charge in [-0.25, -0.2) is 9.97 Å². The predicted octanol–water partition coefficient (Wildman–Crippen LogP) is 3.45. The lowest BCUT2D eigenvalue weighted by atomic mass is 10.2. The first kappa shape index (κ1) is 16.0. The van der Waals surface area contributed by atoms with Gasteiger partial charge in [0.1, 0.15) is 16.9 Å². The molecular weight excluding hydrogens is 330 g/mol. The van der Waals surface area contributed by atoms with Gasteiger partial charge in [0.15, 0.2) is 0 Å². The molecule has 1 aromatic carbocycles. The Labute approximate surface area is 151 Å². The van der Waals surface area contributed by atoms with Gasteiger partial charge in [0.25, 0.3) is 0 Å². The Bertz CT molecular complexity index is 870. The predicted molar refractivity (Wildman–Crippen MR) is 101 cm³/mol. The van der Waals surface area contributed by atoms with E-state index in [1.54, 1.807) is 17.5 Å². The van der Waals surface area contributed by atoms with Crippen molar-refractivity contribution in [1.29, 1.82) is 5.26 Å². The van der Waals surface area contributed by atoms with Gasteiger partial charge in [-0.15, -0.1) is 11.3 Å². The highest BCUT2D eigenvalue weighted by Gasteiger charge is 2.24. The van der Waals surface area contributed by atoms with Crippen molar-refractivity contribution in [3.8, 4) is 6.07 Å². The molecule has 0 spiro atoms. The van der Waals surface area contributed by atoms with E-state index in [0.717, 1.165) is 37.5 Å². The molecule has 3 heterocycles. The van der Waals surface area contributed by atoms with E-state index in [2.05, 4.69) is 46.0 Å². The van der Waals surface area contributed by atoms with Crippen LogP contribution in [0.1, 0.15) is 23.5 Å². The maximum absolute atomic E-state index is 8.88. The van der Waals surface area contributed by atoms with Crippen molar-refractivity contribution in [2.24, 2.45) is 0 Å². The quantitative estimate of drug-likeness (QED) is 0.725. The summed E-state index contributed by atoms with van der Waals surface area (Å²) in [5, 5.41) is 10.1. The van der Waals surface area contributed by atoms with Gasteiger partial charge in [-0.2, -0.15) is 5.26 Å². The smallest absolute Gasteiger partial charge is 0.128 e. The largest absolute Gasteiger partial charge is 0.354 e. The molecule has 25 heavy (non-hydrogen) atoms. The van der Waals surface area contributed by atoms with E-state index in [9.17, 15) is 0 Å². The number of nitriles is 1. The second-order valence-electron chi connectivity index (χ2n) is 6.24. The molecule has 0 unspecified atom stereocenters. The number of anilines is 1. The second kappa shape index (κ2) is 6.79. The van der Waals surface area contributed by atoms with Crippen LogP contribution in [0.15, 0.2) is 42.6 Å². The first-order valence-electron chi connectivity index (χ1n) is 8.45. The molecule has 6 heteroatoms. The van der Waals surface area contributed by atoms with E-state index in [-0.39, 0.29) is 0 Å². The minimum Gasteiger partial charge on any atom is -0.354 e. The number of aromatic nitrogens is 2. The topological polar surface area (TPSA) is 56.1 Å². The average Bonchev–Trinajstić information content (AvgIpc) is 3.12. The van der Waals surface area contributed by atoms with E-state index < -0.39 is 0 Å². The van der Waals surface area contributed by atoms with Gasteiger partial charge in [0.2, 0.25) is 0 Å². The molecule has 0 N–H and O–H groups in total. The van der Waals surface area contributed by atoms with Crippen LogP contribution >= 0.6 is 11.3 Å². The Balaban J connectivity index is 1.43. The number of thiazole rings is 1. The molecule has 4 rings (SSSR count). The van der Waals surface area contributed by atoms with Crippen LogP contribution in [0.25, 0.3) is 10.2 Å². The summed E-state index contributed by atoms with van der Waals surface area (Å²) in [6.45, 7) is 6.09. The van der Waals surface area contributed by atoms with Crippen molar-refractivity contribution < 1.29 is 0 Å². The molecule has 3 aromatic rings. The third-order valence-corrected chi connectivity index (χ3v) is 5.94. The molecule has 0 bridgehead atoms. The molecule has 1 aliphatic heterocycles. The second-order valence-corrected chi connectivity index (χ2v) is 7.30. The number of piperazine rings is 1. The molecule has 1 aliphatic rings. The molecule has 0 radical (unpaired) electrons. The van der Waals surface area contributed by atoms with Crippen molar-refractivity contribution in [3.63, 3.8) is 0 Å². The fourth-order valence-electron chi connectivity index (χ4n) is 3.20. The van der Waals surface area contributed by atoms with Crippen LogP contribution in [0.4, 0.5) is 5.82 Å². The van der Waals surface area contributed by atoms with Gasteiger partial charge >= 0.3 is 0 Å². The van der Waals surface area contributed by atoms with Gasteiger partial charge in [0, 0.05) is 32.4 Å². The van der Waals surface area contributed by atoms with Crippen molar-refractivity contribution >= 4 is 27.4 Å². The lowest BCUT2D eigenvalue weighted by Gasteiger charge is -2.37. The maximum Gasteiger partial charge on any atom is 0.128 e. The van der Waals surface area contributed by atoms with Gasteiger partial charge in [-0.3, -0.25) is 4.90 Å². The third-order valence-electron chi connectivity index (χ3n) is 4.73. The number of hydrogen-bond acceptors (Lipinski definition) is 6. The lowest BCUT2D eigenvalue weighted by Crippen LogP contribution is -2.47. The van der Waals surface area contributed by atoms with E-state index in [1.165, 1.54) is 9.71 Å². The van der Waals surface area contributed by atoms with Gasteiger partial charge < -0.3 is 4.90 Å². The zero-order chi connectivity index (χ0) is 17.2. The van der Waals surface area contributed by atoms with E-state index in [1.807, 2.05) is 18.2 Å². The number of rotatable bonds is 3. The van der Waals surface area contributed by atoms with Gasteiger partial charge in [-0.05, 0) is 31.2 Å². The Kier molecular flexibility index (Phi) is 4.35. The Hall–Kier alpha value is -2.49. The van der Waals surface area contributed by atoms with Crippen molar-refractivity contribution in [2.75, 3.05) is 31.1 Å². The zero-order valence-corrected chi connectivity index (χ0v) is 14.9. The summed E-state index contributed by atoms with van der Waals surface area (Å²) in [4.78, 5) is 14.0. The molecule has 126 valence electrons. The highest BCUT2D eigenvalue weighted by molar-refractivity contribution is 7.18. The van der Waals surface area contributed by atoms with Crippen LogP contribution in [0, 0.1) is 11.3 Å². The molecule has 0 saturated carbocycles. The molecular formula is C19H19N5S. The molecule has 1 atom stereocenters. The summed E-state index contributed by atoms with van der Waals surface area (Å²) >= 11 is 1.79. The summed E-state index contributed by atoms with van der Waals surface area (Å²) in [7, 11) is 0. The summed E-state index contributed by atoms with van der Waals surface area (Å²) in [6, 6.07) is 14.5. The molecule has 5 nitrogen and oxygen atoms in total. The summed E-state index contributed by atoms with van der Waals surface area (Å²) in [5.74, 6) is 0.950. The van der Waals surface area contributed by atoms with Crippen LogP contribution in [0.3, 0.4) is 0 Å². The fraction of sp³-hybridized carbons (Fsp3) is 0.316. The monoisotopic (exact) mass is 349 g/mol. The fourth-order valence-corrected chi connectivity index (χ4v) is 4.26. The number of benzene rings is 1. The number of fused-ring (bicyclic) bond motifs is 1. The van der Waals surface area contributed by atoms with Crippen LogP contribution in [0.5, 0.6) is 0 Å². The SMILES string of the molecule is C[C@H](c1nc2ccccc2s1)N1CCN(c2ccc(C#N)cn2)CC1. The Morgan fingerprint density at radius 2 is 1.92 bits per heavy atom. The van der Waals surface area contributed by atoms with Crippen LogP contribution < -0.4 is 4.90 Å². The van der Waals surface area contributed by atoms with Crippen molar-refractivity contribution in [3.05, 3.63) is 53.2 Å². The van der Waals surface area contributed by atoms with Gasteiger partial charge in [-0.1, -0.05) is 12.1 Å². The third kappa shape index (κ3) is 3.21. The highest BCUT2D eigenvalue weighted by Crippen LogP contribution is 2.30. The molecule has 1 saturated heterocycles.